The molecular formula is C28H22ClNO3. The number of hydrogen-bond donors (Lipinski definition) is 0. The highest BCUT2D eigenvalue weighted by molar-refractivity contribution is 6.31. The lowest BCUT2D eigenvalue weighted by atomic mass is 9.88. The van der Waals surface area contributed by atoms with E-state index in [2.05, 4.69) is 0 Å². The molecule has 0 saturated carbocycles. The monoisotopic (exact) mass is 455 g/mol. The maximum absolute atomic E-state index is 13.3. The molecular weight excluding hydrogens is 434 g/mol. The Morgan fingerprint density at radius 3 is 2.33 bits per heavy atom. The van der Waals surface area contributed by atoms with Gasteiger partial charge >= 0.3 is 0 Å². The number of nitrogens with zero attached hydrogens (tertiary/aromatic N) is 1. The highest BCUT2D eigenvalue weighted by Gasteiger charge is 2.39. The molecule has 5 heteroatoms. The number of ether oxygens (including phenoxy) is 1. The molecule has 33 heavy (non-hydrogen) atoms. The average Bonchev–Trinajstić information content (AvgIpc) is 3.15. The Bertz CT molecular complexity index is 1260. The summed E-state index contributed by atoms with van der Waals surface area (Å²) in [4.78, 5) is 27.9. The quantitative estimate of drug-likeness (QED) is 0.434. The topological polar surface area (TPSA) is 46.6 Å². The van der Waals surface area contributed by atoms with Crippen molar-refractivity contribution in [2.75, 3.05) is 6.54 Å². The number of carbonyl (C=O) groups is 2. The van der Waals surface area contributed by atoms with Crippen molar-refractivity contribution < 1.29 is 14.3 Å². The van der Waals surface area contributed by atoms with E-state index in [4.69, 9.17) is 16.3 Å². The number of amides is 1. The van der Waals surface area contributed by atoms with Crippen molar-refractivity contribution in [2.24, 2.45) is 0 Å². The second-order valence-corrected chi connectivity index (χ2v) is 8.61. The summed E-state index contributed by atoms with van der Waals surface area (Å²) in [5.74, 6) is 0.335. The Kier molecular flexibility index (Phi) is 5.84. The van der Waals surface area contributed by atoms with Crippen LogP contribution in [-0.4, -0.2) is 23.1 Å². The number of carbonyl (C=O) groups excluding carboxylic acids is 2. The Balaban J connectivity index is 1.46. The van der Waals surface area contributed by atoms with Crippen molar-refractivity contribution in [1.29, 1.82) is 0 Å². The maximum Gasteiger partial charge on any atom is 0.290 e. The molecule has 1 atom stereocenters. The fourth-order valence-electron chi connectivity index (χ4n) is 4.35. The Labute approximate surface area is 197 Å². The van der Waals surface area contributed by atoms with Crippen LogP contribution < -0.4 is 0 Å². The van der Waals surface area contributed by atoms with Crippen LogP contribution in [0.4, 0.5) is 0 Å². The number of benzene rings is 3. The van der Waals surface area contributed by atoms with Crippen molar-refractivity contribution in [1.82, 2.24) is 4.90 Å². The number of rotatable bonds is 6. The van der Waals surface area contributed by atoms with Crippen molar-refractivity contribution in [3.8, 4) is 0 Å². The second kappa shape index (κ2) is 9.08. The van der Waals surface area contributed by atoms with Gasteiger partial charge < -0.3 is 9.64 Å². The highest BCUT2D eigenvalue weighted by atomic mass is 35.5. The average molecular weight is 456 g/mol. The van der Waals surface area contributed by atoms with E-state index in [9.17, 15) is 9.59 Å². The number of allylic oxidation sites excluding steroid dienone is 2. The maximum atomic E-state index is 13.3. The van der Waals surface area contributed by atoms with Crippen molar-refractivity contribution in [3.63, 3.8) is 0 Å². The highest BCUT2D eigenvalue weighted by Crippen LogP contribution is 2.42. The third kappa shape index (κ3) is 4.35. The molecule has 4 nitrogen and oxygen atoms in total. The standard InChI is InChI=1S/C28H22ClNO3/c29-25-14-8-7-13-22(25)23-15-21(16-26(31)20-11-5-2-6-12-20)33-27-24(23)18-30(28(27)32)17-19-9-3-1-4-10-19/h1-15,23H,16-18H2/t23-/m1/s1. The fraction of sp³-hybridized carbons (Fsp3) is 0.143. The van der Waals surface area contributed by atoms with Gasteiger partial charge in [-0.25, -0.2) is 0 Å². The van der Waals surface area contributed by atoms with Gasteiger partial charge in [0.1, 0.15) is 5.76 Å². The molecule has 0 unspecified atom stereocenters. The summed E-state index contributed by atoms with van der Waals surface area (Å²) in [6.07, 6.45) is 2.01. The number of ketones is 1. The molecule has 3 aromatic carbocycles. The SMILES string of the molecule is O=C(CC1=C[C@H](c2ccccc2Cl)C2=C(O1)C(=O)N(Cc1ccccc1)C2)c1ccccc1. The van der Waals surface area contributed by atoms with Crippen LogP contribution in [0.5, 0.6) is 0 Å². The molecule has 0 saturated heterocycles. The number of hydrogen-bond acceptors (Lipinski definition) is 3. The van der Waals surface area contributed by atoms with Crippen LogP contribution in [0, 0.1) is 0 Å². The van der Waals surface area contributed by atoms with E-state index in [0.717, 1.165) is 16.7 Å². The van der Waals surface area contributed by atoms with E-state index in [0.29, 0.717) is 35.2 Å². The minimum absolute atomic E-state index is 0.0598. The van der Waals surface area contributed by atoms with Crippen LogP contribution in [0.1, 0.15) is 33.8 Å². The Morgan fingerprint density at radius 1 is 0.939 bits per heavy atom. The van der Waals surface area contributed by atoms with Gasteiger partial charge in [0.05, 0.1) is 6.42 Å². The van der Waals surface area contributed by atoms with Gasteiger partial charge in [-0.05, 0) is 23.3 Å². The van der Waals surface area contributed by atoms with Crippen molar-refractivity contribution in [2.45, 2.75) is 18.9 Å². The lowest BCUT2D eigenvalue weighted by Gasteiger charge is -2.24. The molecule has 0 fully saturated rings. The van der Waals surface area contributed by atoms with E-state index >= 15 is 0 Å². The first-order valence-corrected chi connectivity index (χ1v) is 11.3. The van der Waals surface area contributed by atoms with Crippen molar-refractivity contribution in [3.05, 3.63) is 130 Å². The lowest BCUT2D eigenvalue weighted by molar-refractivity contribution is -0.128. The second-order valence-electron chi connectivity index (χ2n) is 8.20. The molecule has 2 aliphatic rings. The molecule has 0 aromatic heterocycles. The van der Waals surface area contributed by atoms with Crippen LogP contribution in [0.15, 0.2) is 108 Å². The van der Waals surface area contributed by atoms with E-state index in [1.165, 1.54) is 0 Å². The summed E-state index contributed by atoms with van der Waals surface area (Å²) in [7, 11) is 0. The van der Waals surface area contributed by atoms with Gasteiger partial charge in [0.15, 0.2) is 11.5 Å². The van der Waals surface area contributed by atoms with Crippen LogP contribution in [0.25, 0.3) is 0 Å². The van der Waals surface area contributed by atoms with Crippen LogP contribution in [-0.2, 0) is 16.1 Å². The van der Waals surface area contributed by atoms with Gasteiger partial charge in [0, 0.05) is 35.2 Å². The largest absolute Gasteiger partial charge is 0.456 e. The van der Waals surface area contributed by atoms with Gasteiger partial charge in [-0.15, -0.1) is 0 Å². The smallest absolute Gasteiger partial charge is 0.290 e. The molecule has 2 heterocycles. The van der Waals surface area contributed by atoms with Gasteiger partial charge in [-0.2, -0.15) is 0 Å². The van der Waals surface area contributed by atoms with E-state index in [1.54, 1.807) is 17.0 Å². The summed E-state index contributed by atoms with van der Waals surface area (Å²) in [6.45, 7) is 0.943. The first-order valence-electron chi connectivity index (χ1n) is 10.9. The van der Waals surface area contributed by atoms with Crippen LogP contribution >= 0.6 is 11.6 Å². The fourth-order valence-corrected chi connectivity index (χ4v) is 4.60. The first-order chi connectivity index (χ1) is 16.1. The predicted octanol–water partition coefficient (Wildman–Crippen LogP) is 5.91. The first kappa shape index (κ1) is 21.2. The van der Waals surface area contributed by atoms with E-state index in [1.807, 2.05) is 78.9 Å². The number of Topliss-reactive ketones (excluding diaryl/α,β-unsaturated/α-hetero) is 1. The molecule has 0 radical (unpaired) electrons. The molecule has 3 aromatic rings. The minimum atomic E-state index is -0.231. The molecule has 0 aliphatic carbocycles. The lowest BCUT2D eigenvalue weighted by Crippen LogP contribution is -2.27. The molecule has 0 bridgehead atoms. The molecule has 5 rings (SSSR count). The molecule has 164 valence electrons. The normalized spacial score (nSPS) is 17.5. The molecule has 1 amide bonds. The van der Waals surface area contributed by atoms with Crippen molar-refractivity contribution >= 4 is 23.3 Å². The third-order valence-electron chi connectivity index (χ3n) is 5.98. The summed E-state index contributed by atoms with van der Waals surface area (Å²) < 4.78 is 6.06. The minimum Gasteiger partial charge on any atom is -0.456 e. The van der Waals surface area contributed by atoms with Crippen LogP contribution in [0.2, 0.25) is 5.02 Å². The predicted molar refractivity (Wildman–Crippen MR) is 128 cm³/mol. The summed E-state index contributed by atoms with van der Waals surface area (Å²) in [5.41, 5.74) is 3.43. The summed E-state index contributed by atoms with van der Waals surface area (Å²) >= 11 is 6.54. The van der Waals surface area contributed by atoms with Gasteiger partial charge in [-0.1, -0.05) is 90.5 Å². The zero-order valence-electron chi connectivity index (χ0n) is 17.9. The number of halogens is 1. The van der Waals surface area contributed by atoms with Gasteiger partial charge in [-0.3, -0.25) is 9.59 Å². The summed E-state index contributed by atoms with van der Waals surface area (Å²) in [6, 6.07) is 26.6. The zero-order chi connectivity index (χ0) is 22.8. The summed E-state index contributed by atoms with van der Waals surface area (Å²) in [5, 5.41) is 0.621. The van der Waals surface area contributed by atoms with E-state index in [-0.39, 0.29) is 24.0 Å². The molecule has 2 aliphatic heterocycles. The van der Waals surface area contributed by atoms with Crippen LogP contribution in [0.3, 0.4) is 0 Å². The third-order valence-corrected chi connectivity index (χ3v) is 6.33. The van der Waals surface area contributed by atoms with Gasteiger partial charge in [0.25, 0.3) is 5.91 Å². The molecule has 0 N–H and O–H groups in total. The van der Waals surface area contributed by atoms with Gasteiger partial charge in [0.2, 0.25) is 0 Å². The molecule has 0 spiro atoms. The van der Waals surface area contributed by atoms with E-state index < -0.39 is 0 Å². The Morgan fingerprint density at radius 2 is 1.61 bits per heavy atom. The zero-order valence-corrected chi connectivity index (χ0v) is 18.7. The Hall–Kier alpha value is -3.63.